The van der Waals surface area contributed by atoms with Crippen LogP contribution in [0.2, 0.25) is 0 Å². The van der Waals surface area contributed by atoms with Crippen LogP contribution in [0.15, 0.2) is 53.6 Å². The molecule has 166 valence electrons. The summed E-state index contributed by atoms with van der Waals surface area (Å²) in [7, 11) is 0. The molecule has 4 aromatic heterocycles. The topological polar surface area (TPSA) is 100 Å². The van der Waals surface area contributed by atoms with Gasteiger partial charge in [0.1, 0.15) is 12.0 Å². The zero-order valence-corrected chi connectivity index (χ0v) is 18.7. The van der Waals surface area contributed by atoms with Gasteiger partial charge in [-0.3, -0.25) is 9.55 Å². The lowest BCUT2D eigenvalue weighted by Gasteiger charge is -2.10. The molecule has 0 unspecified atom stereocenters. The molecular weight excluding hydrogens is 428 g/mol. The van der Waals surface area contributed by atoms with Crippen molar-refractivity contribution < 1.29 is 4.52 Å². The highest BCUT2D eigenvalue weighted by Gasteiger charge is 2.28. The molecule has 5 aromatic rings. The Balaban J connectivity index is 1.55. The third kappa shape index (κ3) is 3.19. The maximum Gasteiger partial charge on any atom is 0.229 e. The van der Waals surface area contributed by atoms with Gasteiger partial charge >= 0.3 is 0 Å². The van der Waals surface area contributed by atoms with Gasteiger partial charge < -0.3 is 4.52 Å². The number of nitrogens with zero attached hydrogens (tertiary/aromatic N) is 8. The highest BCUT2D eigenvalue weighted by Crippen LogP contribution is 2.34. The molecule has 1 aliphatic rings. The van der Waals surface area contributed by atoms with Crippen molar-refractivity contribution in [1.29, 1.82) is 0 Å². The van der Waals surface area contributed by atoms with Crippen LogP contribution in [0, 0.1) is 12.3 Å². The number of hydrogen-bond acceptors (Lipinski definition) is 7. The Morgan fingerprint density at radius 3 is 2.85 bits per heavy atom. The largest absolute Gasteiger partial charge is 0.339 e. The van der Waals surface area contributed by atoms with E-state index in [0.717, 1.165) is 39.6 Å². The van der Waals surface area contributed by atoms with Crippen molar-refractivity contribution in [2.24, 2.45) is 0 Å². The van der Waals surface area contributed by atoms with Crippen molar-refractivity contribution >= 4 is 0 Å². The van der Waals surface area contributed by atoms with Crippen molar-refractivity contribution in [2.75, 3.05) is 0 Å². The molecule has 0 bridgehead atoms. The second kappa shape index (κ2) is 7.78. The molecule has 6 rings (SSSR count). The zero-order chi connectivity index (χ0) is 23.2. The van der Waals surface area contributed by atoms with Gasteiger partial charge in [-0.1, -0.05) is 36.2 Å². The third-order valence-electron chi connectivity index (χ3n) is 5.92. The van der Waals surface area contributed by atoms with E-state index in [1.165, 1.54) is 0 Å². The Bertz CT molecular complexity index is 1550. The standard InChI is InChI=1S/C25H20N8O/c1-4-16-7-8-19-21(11-16)33-20(18(29-31-33)10-17-6-5-9-26-13-17)12-22-23(27-14-32(19)22)24-28-25(15(2)3)34-30-24/h1,5-9,11,13-15H,10,12H2,2-3H3. The SMILES string of the molecule is C#Cc1ccc2c(c1)-n1nnc(Cc3cccnc3)c1Cc1c(-c3noc(C(C)C)n3)ncn1-2. The molecule has 0 atom stereocenters. The van der Waals surface area contributed by atoms with Crippen molar-refractivity contribution in [2.45, 2.75) is 32.6 Å². The predicted molar refractivity (Wildman–Crippen MR) is 124 cm³/mol. The molecule has 0 saturated heterocycles. The molecule has 0 amide bonds. The smallest absolute Gasteiger partial charge is 0.229 e. The van der Waals surface area contributed by atoms with E-state index in [1.54, 1.807) is 12.5 Å². The normalized spacial score (nSPS) is 12.1. The second-order valence-electron chi connectivity index (χ2n) is 8.48. The highest BCUT2D eigenvalue weighted by atomic mass is 16.5. The van der Waals surface area contributed by atoms with E-state index in [0.29, 0.717) is 30.3 Å². The van der Waals surface area contributed by atoms with E-state index in [1.807, 2.05) is 59.6 Å². The molecule has 0 aliphatic carbocycles. The van der Waals surface area contributed by atoms with E-state index in [2.05, 4.69) is 36.3 Å². The first-order chi connectivity index (χ1) is 16.6. The van der Waals surface area contributed by atoms with Crippen molar-refractivity contribution in [1.82, 2.24) is 39.7 Å². The monoisotopic (exact) mass is 448 g/mol. The Kier molecular flexibility index (Phi) is 4.59. The number of imidazole rings is 1. The Hall–Kier alpha value is -4.58. The van der Waals surface area contributed by atoms with Crippen LogP contribution in [0.4, 0.5) is 0 Å². The van der Waals surface area contributed by atoms with Crippen LogP contribution in [0.25, 0.3) is 22.9 Å². The zero-order valence-electron chi connectivity index (χ0n) is 18.7. The number of benzene rings is 1. The van der Waals surface area contributed by atoms with Gasteiger partial charge in [0, 0.05) is 36.7 Å². The van der Waals surface area contributed by atoms with E-state index in [4.69, 9.17) is 10.9 Å². The summed E-state index contributed by atoms with van der Waals surface area (Å²) in [5.41, 5.74) is 6.97. The quantitative estimate of drug-likeness (QED) is 0.381. The minimum Gasteiger partial charge on any atom is -0.339 e. The second-order valence-corrected chi connectivity index (χ2v) is 8.48. The Morgan fingerprint density at radius 1 is 1.18 bits per heavy atom. The number of hydrogen-bond donors (Lipinski definition) is 0. The number of aromatic nitrogens is 8. The van der Waals surface area contributed by atoms with E-state index >= 15 is 0 Å². The van der Waals surface area contributed by atoms with Crippen LogP contribution in [-0.4, -0.2) is 39.7 Å². The number of fused-ring (bicyclic) bond motifs is 5. The maximum absolute atomic E-state index is 5.70. The predicted octanol–water partition coefficient (Wildman–Crippen LogP) is 3.50. The van der Waals surface area contributed by atoms with Crippen LogP contribution in [0.1, 0.15) is 53.9 Å². The van der Waals surface area contributed by atoms with Crippen LogP contribution in [0.3, 0.4) is 0 Å². The van der Waals surface area contributed by atoms with Crippen molar-refractivity contribution in [3.8, 4) is 35.2 Å². The minimum absolute atomic E-state index is 0.127. The number of terminal acetylenes is 1. The lowest BCUT2D eigenvalue weighted by Crippen LogP contribution is -2.04. The van der Waals surface area contributed by atoms with Gasteiger partial charge in [0.2, 0.25) is 11.7 Å². The van der Waals surface area contributed by atoms with Gasteiger partial charge in [0.05, 0.1) is 28.5 Å². The fourth-order valence-electron chi connectivity index (χ4n) is 4.18. The molecule has 0 radical (unpaired) electrons. The summed E-state index contributed by atoms with van der Waals surface area (Å²) >= 11 is 0. The number of rotatable bonds is 4. The lowest BCUT2D eigenvalue weighted by atomic mass is 10.1. The van der Waals surface area contributed by atoms with Crippen LogP contribution in [-0.2, 0) is 12.8 Å². The molecule has 0 fully saturated rings. The average molecular weight is 448 g/mol. The van der Waals surface area contributed by atoms with E-state index < -0.39 is 0 Å². The van der Waals surface area contributed by atoms with Gasteiger partial charge in [-0.15, -0.1) is 11.5 Å². The molecule has 1 aliphatic heterocycles. The van der Waals surface area contributed by atoms with Gasteiger partial charge in [-0.2, -0.15) is 4.98 Å². The van der Waals surface area contributed by atoms with E-state index in [9.17, 15) is 0 Å². The third-order valence-corrected chi connectivity index (χ3v) is 5.92. The summed E-state index contributed by atoms with van der Waals surface area (Å²) in [5.74, 6) is 3.89. The molecule has 5 heterocycles. The minimum atomic E-state index is 0.127. The summed E-state index contributed by atoms with van der Waals surface area (Å²) in [6.07, 6.45) is 12.2. The summed E-state index contributed by atoms with van der Waals surface area (Å²) in [4.78, 5) is 13.5. The molecule has 0 N–H and O–H groups in total. The molecule has 9 nitrogen and oxygen atoms in total. The van der Waals surface area contributed by atoms with Gasteiger partial charge in [-0.05, 0) is 29.8 Å². The van der Waals surface area contributed by atoms with Gasteiger partial charge in [-0.25, -0.2) is 9.67 Å². The Labute approximate surface area is 195 Å². The van der Waals surface area contributed by atoms with Gasteiger partial charge in [0.15, 0.2) is 0 Å². The summed E-state index contributed by atoms with van der Waals surface area (Å²) < 4.78 is 9.37. The molecule has 1 aromatic carbocycles. The highest BCUT2D eigenvalue weighted by molar-refractivity contribution is 5.64. The molecule has 0 saturated carbocycles. The average Bonchev–Trinajstić information content (AvgIpc) is 3.57. The van der Waals surface area contributed by atoms with Crippen molar-refractivity contribution in [3.05, 3.63) is 83.2 Å². The number of pyridine rings is 1. The fourth-order valence-corrected chi connectivity index (χ4v) is 4.18. The maximum atomic E-state index is 5.70. The van der Waals surface area contributed by atoms with Crippen molar-refractivity contribution in [3.63, 3.8) is 0 Å². The van der Waals surface area contributed by atoms with E-state index in [-0.39, 0.29) is 5.92 Å². The summed E-state index contributed by atoms with van der Waals surface area (Å²) in [6.45, 7) is 4.03. The van der Waals surface area contributed by atoms with Crippen LogP contribution in [0.5, 0.6) is 0 Å². The molecule has 34 heavy (non-hydrogen) atoms. The molecule has 9 heteroatoms. The molecule has 0 spiro atoms. The Morgan fingerprint density at radius 2 is 2.09 bits per heavy atom. The summed E-state index contributed by atoms with van der Waals surface area (Å²) in [5, 5.41) is 13.2. The summed E-state index contributed by atoms with van der Waals surface area (Å²) in [6, 6.07) is 9.78. The first kappa shape index (κ1) is 20.1. The van der Waals surface area contributed by atoms with Gasteiger partial charge in [0.25, 0.3) is 0 Å². The van der Waals surface area contributed by atoms with Crippen LogP contribution >= 0.6 is 0 Å². The first-order valence-electron chi connectivity index (χ1n) is 11.0. The first-order valence-corrected chi connectivity index (χ1v) is 11.0. The fraction of sp³-hybridized carbons (Fsp3) is 0.200. The lowest BCUT2D eigenvalue weighted by molar-refractivity contribution is 0.365. The van der Waals surface area contributed by atoms with Crippen LogP contribution < -0.4 is 0 Å². The molecular formula is C25H20N8O.